The number of likely N-dealkylation sites (N-methyl/N-ethyl adjacent to an activating group) is 1. The van der Waals surface area contributed by atoms with E-state index in [1.54, 1.807) is 36.1 Å². The highest BCUT2D eigenvalue weighted by molar-refractivity contribution is 5.96. The third-order valence-electron chi connectivity index (χ3n) is 5.48. The van der Waals surface area contributed by atoms with Gasteiger partial charge in [-0.2, -0.15) is 0 Å². The van der Waals surface area contributed by atoms with Crippen LogP contribution in [0.1, 0.15) is 27.2 Å². The third-order valence-corrected chi connectivity index (χ3v) is 5.48. The molecule has 0 saturated carbocycles. The van der Waals surface area contributed by atoms with E-state index in [-0.39, 0.29) is 17.6 Å². The van der Waals surface area contributed by atoms with Crippen molar-refractivity contribution in [3.8, 4) is 5.75 Å². The second-order valence-electron chi connectivity index (χ2n) is 7.44. The van der Waals surface area contributed by atoms with Crippen LogP contribution in [0, 0.1) is 0 Å². The topological polar surface area (TPSA) is 63.0 Å². The van der Waals surface area contributed by atoms with Crippen LogP contribution in [0.15, 0.2) is 71.3 Å². The Morgan fingerprint density at radius 2 is 1.80 bits per heavy atom. The Morgan fingerprint density at radius 3 is 2.47 bits per heavy atom. The van der Waals surface area contributed by atoms with E-state index in [0.29, 0.717) is 19.5 Å². The first-order valence-corrected chi connectivity index (χ1v) is 9.86. The highest BCUT2D eigenvalue weighted by atomic mass is 16.5. The Hall–Kier alpha value is -3.54. The molecule has 6 heteroatoms. The van der Waals surface area contributed by atoms with Crippen molar-refractivity contribution in [2.24, 2.45) is 0 Å². The van der Waals surface area contributed by atoms with Gasteiger partial charge in [0.2, 0.25) is 5.91 Å². The maximum Gasteiger partial charge on any atom is 0.290 e. The molecule has 0 aliphatic carbocycles. The van der Waals surface area contributed by atoms with Crippen molar-refractivity contribution in [3.05, 3.63) is 89.4 Å². The van der Waals surface area contributed by atoms with Crippen molar-refractivity contribution >= 4 is 11.8 Å². The van der Waals surface area contributed by atoms with E-state index in [2.05, 4.69) is 0 Å². The number of rotatable bonds is 5. The summed E-state index contributed by atoms with van der Waals surface area (Å²) in [5.41, 5.74) is 3.14. The second kappa shape index (κ2) is 8.45. The molecule has 2 heterocycles. The second-order valence-corrected chi connectivity index (χ2v) is 7.44. The zero-order valence-electron chi connectivity index (χ0n) is 17.1. The van der Waals surface area contributed by atoms with Crippen LogP contribution in [0.4, 0.5) is 0 Å². The molecule has 0 spiro atoms. The van der Waals surface area contributed by atoms with E-state index in [4.69, 9.17) is 9.15 Å². The van der Waals surface area contributed by atoms with Crippen LogP contribution in [0.5, 0.6) is 5.75 Å². The molecule has 0 saturated heterocycles. The molecule has 30 heavy (non-hydrogen) atoms. The summed E-state index contributed by atoms with van der Waals surface area (Å²) in [6.07, 6.45) is 1.95. The SMILES string of the molecule is COc1ccc(CN(C)C(=O)C2Cc3ccccc3CN2C(=O)c2ccco2)cc1. The molecular formula is C24H24N2O4. The molecule has 6 nitrogen and oxygen atoms in total. The minimum Gasteiger partial charge on any atom is -0.497 e. The summed E-state index contributed by atoms with van der Waals surface area (Å²) in [6.45, 7) is 0.826. The lowest BCUT2D eigenvalue weighted by molar-refractivity contribution is -0.135. The maximum absolute atomic E-state index is 13.4. The largest absolute Gasteiger partial charge is 0.497 e. The number of carbonyl (C=O) groups is 2. The summed E-state index contributed by atoms with van der Waals surface area (Å²) in [6, 6.07) is 18.3. The lowest BCUT2D eigenvalue weighted by Crippen LogP contribution is -2.52. The Kier molecular flexibility index (Phi) is 5.57. The van der Waals surface area contributed by atoms with Gasteiger partial charge in [-0.1, -0.05) is 36.4 Å². The lowest BCUT2D eigenvalue weighted by atomic mass is 9.93. The van der Waals surface area contributed by atoms with Gasteiger partial charge in [-0.05, 0) is 41.0 Å². The predicted octanol–water partition coefficient (Wildman–Crippen LogP) is 3.51. The molecule has 2 amide bonds. The highest BCUT2D eigenvalue weighted by Crippen LogP contribution is 2.26. The van der Waals surface area contributed by atoms with Gasteiger partial charge >= 0.3 is 0 Å². The number of nitrogens with zero attached hydrogens (tertiary/aromatic N) is 2. The molecule has 1 aliphatic heterocycles. The minimum absolute atomic E-state index is 0.0970. The van der Waals surface area contributed by atoms with Crippen LogP contribution >= 0.6 is 0 Å². The van der Waals surface area contributed by atoms with Crippen LogP contribution in [0.2, 0.25) is 0 Å². The van der Waals surface area contributed by atoms with Crippen molar-refractivity contribution in [2.45, 2.75) is 25.6 Å². The zero-order chi connectivity index (χ0) is 21.1. The number of carbonyl (C=O) groups excluding carboxylic acids is 2. The molecule has 0 fully saturated rings. The monoisotopic (exact) mass is 404 g/mol. The first kappa shape index (κ1) is 19.8. The van der Waals surface area contributed by atoms with Crippen molar-refractivity contribution in [1.29, 1.82) is 0 Å². The van der Waals surface area contributed by atoms with E-state index in [9.17, 15) is 9.59 Å². The normalized spacial score (nSPS) is 15.4. The van der Waals surface area contributed by atoms with Gasteiger partial charge < -0.3 is 19.0 Å². The quantitative estimate of drug-likeness (QED) is 0.653. The molecular weight excluding hydrogens is 380 g/mol. The van der Waals surface area contributed by atoms with E-state index in [0.717, 1.165) is 22.4 Å². The Bertz CT molecular complexity index is 1030. The number of methoxy groups -OCH3 is 1. The summed E-state index contributed by atoms with van der Waals surface area (Å²) in [5.74, 6) is 0.641. The molecule has 0 N–H and O–H groups in total. The summed E-state index contributed by atoms with van der Waals surface area (Å²) in [4.78, 5) is 29.8. The number of hydrogen-bond donors (Lipinski definition) is 0. The van der Waals surface area contributed by atoms with Crippen LogP contribution in [-0.4, -0.2) is 41.8 Å². The molecule has 1 aromatic heterocycles. The molecule has 0 radical (unpaired) electrons. The summed E-state index contributed by atoms with van der Waals surface area (Å²) >= 11 is 0. The molecule has 1 atom stereocenters. The maximum atomic E-state index is 13.4. The summed E-state index contributed by atoms with van der Waals surface area (Å²) < 4.78 is 10.5. The fraction of sp³-hybridized carbons (Fsp3) is 0.250. The van der Waals surface area contributed by atoms with Gasteiger partial charge in [0.05, 0.1) is 13.4 Å². The smallest absolute Gasteiger partial charge is 0.290 e. The van der Waals surface area contributed by atoms with Gasteiger partial charge in [-0.25, -0.2) is 0 Å². The fourth-order valence-electron chi connectivity index (χ4n) is 3.84. The molecule has 0 bridgehead atoms. The Labute approximate surface area is 175 Å². The van der Waals surface area contributed by atoms with Crippen molar-refractivity contribution < 1.29 is 18.7 Å². The molecule has 1 unspecified atom stereocenters. The molecule has 2 aromatic carbocycles. The van der Waals surface area contributed by atoms with Crippen molar-refractivity contribution in [1.82, 2.24) is 9.80 Å². The molecule has 4 rings (SSSR count). The van der Waals surface area contributed by atoms with Gasteiger partial charge in [-0.3, -0.25) is 9.59 Å². The lowest BCUT2D eigenvalue weighted by Gasteiger charge is -2.37. The number of furan rings is 1. The van der Waals surface area contributed by atoms with Gasteiger partial charge in [0.1, 0.15) is 11.8 Å². The molecule has 1 aliphatic rings. The minimum atomic E-state index is -0.583. The third kappa shape index (κ3) is 3.94. The Morgan fingerprint density at radius 1 is 1.07 bits per heavy atom. The van der Waals surface area contributed by atoms with Crippen LogP contribution in [0.3, 0.4) is 0 Å². The van der Waals surface area contributed by atoms with Crippen LogP contribution in [-0.2, 0) is 24.3 Å². The molecule has 3 aromatic rings. The standard InChI is InChI=1S/C24H24N2O4/c1-25(15-17-9-11-20(29-2)12-10-17)23(27)21-14-18-6-3-4-7-19(18)16-26(21)24(28)22-8-5-13-30-22/h3-13,21H,14-16H2,1-2H3. The van der Waals surface area contributed by atoms with E-state index >= 15 is 0 Å². The van der Waals surface area contributed by atoms with Crippen LogP contribution in [0.25, 0.3) is 0 Å². The number of hydrogen-bond acceptors (Lipinski definition) is 4. The van der Waals surface area contributed by atoms with Crippen molar-refractivity contribution in [3.63, 3.8) is 0 Å². The average Bonchev–Trinajstić information content (AvgIpc) is 3.32. The summed E-state index contributed by atoms with van der Waals surface area (Å²) in [7, 11) is 3.39. The first-order valence-electron chi connectivity index (χ1n) is 9.86. The zero-order valence-corrected chi connectivity index (χ0v) is 17.1. The summed E-state index contributed by atoms with van der Waals surface area (Å²) in [5, 5.41) is 0. The van der Waals surface area contributed by atoms with E-state index in [1.165, 1.54) is 6.26 Å². The number of amides is 2. The predicted molar refractivity (Wildman–Crippen MR) is 112 cm³/mol. The number of ether oxygens (including phenoxy) is 1. The van der Waals surface area contributed by atoms with Crippen LogP contribution < -0.4 is 4.74 Å². The first-order chi connectivity index (χ1) is 14.6. The van der Waals surface area contributed by atoms with Gasteiger partial charge in [-0.15, -0.1) is 0 Å². The van der Waals surface area contributed by atoms with E-state index < -0.39 is 6.04 Å². The number of fused-ring (bicyclic) bond motifs is 1. The highest BCUT2D eigenvalue weighted by Gasteiger charge is 2.37. The van der Waals surface area contributed by atoms with Gasteiger partial charge in [0.15, 0.2) is 5.76 Å². The van der Waals surface area contributed by atoms with E-state index in [1.807, 2.05) is 48.5 Å². The molecule has 154 valence electrons. The number of benzene rings is 2. The fourth-order valence-corrected chi connectivity index (χ4v) is 3.84. The van der Waals surface area contributed by atoms with Crippen molar-refractivity contribution in [2.75, 3.05) is 14.2 Å². The van der Waals surface area contributed by atoms with Gasteiger partial charge in [0.25, 0.3) is 5.91 Å². The Balaban J connectivity index is 1.57. The van der Waals surface area contributed by atoms with Gasteiger partial charge in [0, 0.05) is 26.6 Å². The average molecular weight is 404 g/mol.